The van der Waals surface area contributed by atoms with E-state index in [9.17, 15) is 10.2 Å². The maximum absolute atomic E-state index is 13.0. The number of nitrogens with two attached hydrogens (primary N) is 1. The Morgan fingerprint density at radius 3 is 2.83 bits per heavy atom. The third-order valence-electron chi connectivity index (χ3n) is 9.91. The molecule has 5 aliphatic rings. The number of fused-ring (bicyclic) bond motifs is 4. The summed E-state index contributed by atoms with van der Waals surface area (Å²) in [6, 6.07) is 12.5. The standard InChI is InChI=1S/C29H33N3O3/c30-11-3-12-32-21-5-2-1-4-19(21)20-15-29(34)23-14-18-8-9-22(33)26-24(18)28(29,27(35-26)25(20)32)10-13-31(23)16-17-6-7-17/h1-2,4-5,8-9,17,23,27,33-34H,3,6-7,10-16,30H2/t23-,27-,28-,29+/m0/s1. The molecule has 4 N–H and O–H groups in total. The summed E-state index contributed by atoms with van der Waals surface area (Å²) in [6.45, 7) is 3.51. The van der Waals surface area contributed by atoms with Gasteiger partial charge in [0.2, 0.25) is 0 Å². The van der Waals surface area contributed by atoms with Gasteiger partial charge in [0.05, 0.1) is 16.7 Å². The molecule has 4 atom stereocenters. The van der Waals surface area contributed by atoms with E-state index >= 15 is 0 Å². The van der Waals surface area contributed by atoms with Gasteiger partial charge in [0.25, 0.3) is 0 Å². The molecule has 0 unspecified atom stereocenters. The van der Waals surface area contributed by atoms with Crippen molar-refractivity contribution in [2.75, 3.05) is 19.6 Å². The first kappa shape index (κ1) is 20.6. The first-order valence-corrected chi connectivity index (χ1v) is 13.4. The number of aromatic hydroxyl groups is 1. The number of likely N-dealkylation sites (tertiary alicyclic amines) is 1. The van der Waals surface area contributed by atoms with Gasteiger partial charge in [0.1, 0.15) is 0 Å². The fourth-order valence-electron chi connectivity index (χ4n) is 8.29. The van der Waals surface area contributed by atoms with E-state index in [4.69, 9.17) is 10.5 Å². The molecule has 0 radical (unpaired) electrons. The second kappa shape index (κ2) is 6.81. The molecule has 6 heteroatoms. The van der Waals surface area contributed by atoms with Crippen LogP contribution in [-0.4, -0.2) is 51.0 Å². The zero-order valence-corrected chi connectivity index (χ0v) is 20.0. The molecule has 3 heterocycles. The highest BCUT2D eigenvalue weighted by molar-refractivity contribution is 5.87. The number of ether oxygens (including phenoxy) is 1. The maximum atomic E-state index is 13.0. The lowest BCUT2D eigenvalue weighted by Crippen LogP contribution is -2.74. The molecular formula is C29H33N3O3. The van der Waals surface area contributed by atoms with Crippen molar-refractivity contribution in [1.29, 1.82) is 0 Å². The van der Waals surface area contributed by atoms with Crippen LogP contribution in [0.5, 0.6) is 11.5 Å². The summed E-state index contributed by atoms with van der Waals surface area (Å²) in [5.41, 5.74) is 10.4. The number of piperidine rings is 1. The second-order valence-corrected chi connectivity index (χ2v) is 11.6. The van der Waals surface area contributed by atoms with Crippen LogP contribution in [0.3, 0.4) is 0 Å². The summed E-state index contributed by atoms with van der Waals surface area (Å²) >= 11 is 0. The number of phenolic OH excluding ortho intramolecular Hbond substituents is 1. The fraction of sp³-hybridized carbons (Fsp3) is 0.517. The van der Waals surface area contributed by atoms with Gasteiger partial charge in [-0.3, -0.25) is 4.90 Å². The smallest absolute Gasteiger partial charge is 0.166 e. The van der Waals surface area contributed by atoms with E-state index in [2.05, 4.69) is 39.8 Å². The van der Waals surface area contributed by atoms with Crippen molar-refractivity contribution in [3.05, 3.63) is 58.8 Å². The molecule has 3 aromatic rings. The van der Waals surface area contributed by atoms with Gasteiger partial charge in [0.15, 0.2) is 17.6 Å². The van der Waals surface area contributed by atoms with Crippen molar-refractivity contribution in [1.82, 2.24) is 9.47 Å². The molecule has 2 bridgehead atoms. The average molecular weight is 472 g/mol. The number of rotatable bonds is 5. The van der Waals surface area contributed by atoms with E-state index in [0.717, 1.165) is 50.4 Å². The number of nitrogens with zero attached hydrogens (tertiary/aromatic N) is 2. The van der Waals surface area contributed by atoms with Gasteiger partial charge in [-0.15, -0.1) is 0 Å². The van der Waals surface area contributed by atoms with Crippen LogP contribution >= 0.6 is 0 Å². The molecule has 8 rings (SSSR count). The van der Waals surface area contributed by atoms with Crippen molar-refractivity contribution < 1.29 is 14.9 Å². The lowest BCUT2D eigenvalue weighted by Gasteiger charge is -2.63. The minimum absolute atomic E-state index is 0.0604. The Bertz CT molecular complexity index is 1380. The van der Waals surface area contributed by atoms with E-state index < -0.39 is 11.0 Å². The highest BCUT2D eigenvalue weighted by Crippen LogP contribution is 2.69. The quantitative estimate of drug-likeness (QED) is 0.531. The Labute approximate surface area is 205 Å². The molecule has 1 saturated heterocycles. The average Bonchev–Trinajstić information content (AvgIpc) is 3.53. The number of aliphatic hydroxyl groups is 1. The molecule has 2 fully saturated rings. The summed E-state index contributed by atoms with van der Waals surface area (Å²) in [4.78, 5) is 2.59. The first-order valence-electron chi connectivity index (χ1n) is 13.4. The van der Waals surface area contributed by atoms with Crippen molar-refractivity contribution in [3.8, 4) is 11.5 Å². The highest BCUT2D eigenvalue weighted by Gasteiger charge is 2.73. The summed E-state index contributed by atoms with van der Waals surface area (Å²) in [5, 5.41) is 25.1. The van der Waals surface area contributed by atoms with Crippen LogP contribution in [0, 0.1) is 5.92 Å². The van der Waals surface area contributed by atoms with Crippen LogP contribution in [0.4, 0.5) is 0 Å². The van der Waals surface area contributed by atoms with Gasteiger partial charge in [-0.25, -0.2) is 0 Å². The lowest BCUT2D eigenvalue weighted by molar-refractivity contribution is -0.173. The van der Waals surface area contributed by atoms with Crippen molar-refractivity contribution in [2.45, 2.75) is 68.2 Å². The molecule has 1 aromatic heterocycles. The van der Waals surface area contributed by atoms with Gasteiger partial charge >= 0.3 is 0 Å². The Morgan fingerprint density at radius 2 is 2.00 bits per heavy atom. The summed E-state index contributed by atoms with van der Waals surface area (Å²) in [6.07, 6.45) is 5.48. The van der Waals surface area contributed by atoms with E-state index in [1.165, 1.54) is 40.6 Å². The normalized spacial score (nSPS) is 32.4. The maximum Gasteiger partial charge on any atom is 0.166 e. The minimum atomic E-state index is -0.938. The highest BCUT2D eigenvalue weighted by atomic mass is 16.5. The van der Waals surface area contributed by atoms with Crippen LogP contribution in [0.15, 0.2) is 36.4 Å². The Hall–Kier alpha value is -2.54. The van der Waals surface area contributed by atoms with Gasteiger partial charge in [-0.2, -0.15) is 0 Å². The molecule has 1 spiro atoms. The Balaban J connectivity index is 1.41. The summed E-state index contributed by atoms with van der Waals surface area (Å²) in [7, 11) is 0. The number of hydrogen-bond acceptors (Lipinski definition) is 5. The van der Waals surface area contributed by atoms with Crippen molar-refractivity contribution >= 4 is 10.9 Å². The minimum Gasteiger partial charge on any atom is -0.504 e. The number of aromatic nitrogens is 1. The Morgan fingerprint density at radius 1 is 1.14 bits per heavy atom. The van der Waals surface area contributed by atoms with Gasteiger partial charge in [-0.1, -0.05) is 24.3 Å². The zero-order chi connectivity index (χ0) is 23.5. The number of aryl methyl sites for hydroxylation is 1. The fourth-order valence-corrected chi connectivity index (χ4v) is 8.29. The van der Waals surface area contributed by atoms with Crippen LogP contribution in [0.2, 0.25) is 0 Å². The van der Waals surface area contributed by atoms with E-state index in [1.807, 2.05) is 0 Å². The molecule has 3 aliphatic carbocycles. The van der Waals surface area contributed by atoms with E-state index in [-0.39, 0.29) is 17.9 Å². The number of benzene rings is 2. The molecule has 2 aliphatic heterocycles. The molecule has 6 nitrogen and oxygen atoms in total. The lowest BCUT2D eigenvalue weighted by atomic mass is 9.49. The monoisotopic (exact) mass is 471 g/mol. The van der Waals surface area contributed by atoms with Crippen LogP contribution in [-0.2, 0) is 24.8 Å². The molecule has 35 heavy (non-hydrogen) atoms. The van der Waals surface area contributed by atoms with E-state index in [0.29, 0.717) is 18.7 Å². The second-order valence-electron chi connectivity index (χ2n) is 11.6. The third-order valence-corrected chi connectivity index (χ3v) is 9.91. The Kier molecular flexibility index (Phi) is 4.02. The predicted molar refractivity (Wildman–Crippen MR) is 134 cm³/mol. The van der Waals surface area contributed by atoms with Crippen LogP contribution in [0.25, 0.3) is 10.9 Å². The molecular weight excluding hydrogens is 438 g/mol. The first-order chi connectivity index (χ1) is 17.1. The summed E-state index contributed by atoms with van der Waals surface area (Å²) < 4.78 is 9.20. The number of phenols is 1. The molecule has 182 valence electrons. The van der Waals surface area contributed by atoms with Crippen LogP contribution in [0.1, 0.15) is 54.2 Å². The van der Waals surface area contributed by atoms with Crippen molar-refractivity contribution in [3.63, 3.8) is 0 Å². The molecule has 2 aromatic carbocycles. The number of hydrogen-bond donors (Lipinski definition) is 3. The van der Waals surface area contributed by atoms with Crippen LogP contribution < -0.4 is 10.5 Å². The van der Waals surface area contributed by atoms with Gasteiger partial charge in [0, 0.05) is 42.0 Å². The largest absolute Gasteiger partial charge is 0.504 e. The zero-order valence-electron chi connectivity index (χ0n) is 20.0. The predicted octanol–water partition coefficient (Wildman–Crippen LogP) is 3.39. The number of para-hydroxylation sites is 1. The third kappa shape index (κ3) is 2.41. The van der Waals surface area contributed by atoms with E-state index in [1.54, 1.807) is 6.07 Å². The van der Waals surface area contributed by atoms with Gasteiger partial charge < -0.3 is 25.3 Å². The molecule has 1 saturated carbocycles. The van der Waals surface area contributed by atoms with Crippen molar-refractivity contribution in [2.24, 2.45) is 11.7 Å². The summed E-state index contributed by atoms with van der Waals surface area (Å²) in [5.74, 6) is 1.57. The topological polar surface area (TPSA) is 83.9 Å². The van der Waals surface area contributed by atoms with Gasteiger partial charge in [-0.05, 0) is 74.4 Å². The molecule has 0 amide bonds. The SMILES string of the molecule is NCCCn1c2c(c3ccccc31)C[C@@]1(O)[C@@H]3Cc4ccc(O)c5c4[C@@]1(CCN3CC1CC1)[C@H]2O5.